The van der Waals surface area contributed by atoms with E-state index in [-0.39, 0.29) is 5.91 Å². The van der Waals surface area contributed by atoms with Crippen molar-refractivity contribution in [1.82, 2.24) is 10.3 Å². The third kappa shape index (κ3) is 6.23. The monoisotopic (exact) mass is 408 g/mol. The van der Waals surface area contributed by atoms with Crippen LogP contribution in [0.2, 0.25) is 0 Å². The largest absolute Gasteiger partial charge is 0.441 e. The summed E-state index contributed by atoms with van der Waals surface area (Å²) in [5, 5.41) is 2.96. The molecule has 152 valence electrons. The van der Waals surface area contributed by atoms with Crippen LogP contribution in [-0.4, -0.2) is 16.6 Å². The van der Waals surface area contributed by atoms with Gasteiger partial charge in [0.25, 0.3) is 0 Å². The molecule has 0 fully saturated rings. The maximum absolute atomic E-state index is 12.1. The molecule has 0 spiro atoms. The first-order chi connectivity index (χ1) is 14.0. The van der Waals surface area contributed by atoms with Crippen LogP contribution in [0.1, 0.15) is 41.5 Å². The first-order valence-corrected chi connectivity index (χ1v) is 11.2. The van der Waals surface area contributed by atoms with Crippen molar-refractivity contribution in [2.45, 2.75) is 45.9 Å². The molecule has 2 aromatic carbocycles. The number of hydrogen-bond acceptors (Lipinski definition) is 4. The van der Waals surface area contributed by atoms with Gasteiger partial charge in [0.05, 0.1) is 11.4 Å². The molecule has 0 atom stereocenters. The summed E-state index contributed by atoms with van der Waals surface area (Å²) < 4.78 is 5.85. The van der Waals surface area contributed by atoms with Crippen molar-refractivity contribution in [2.24, 2.45) is 0 Å². The van der Waals surface area contributed by atoms with Crippen molar-refractivity contribution in [2.75, 3.05) is 5.75 Å². The highest BCUT2D eigenvalue weighted by Gasteiger charge is 2.12. The summed E-state index contributed by atoms with van der Waals surface area (Å²) in [5.74, 6) is 2.54. The number of oxazole rings is 1. The molecule has 0 aliphatic carbocycles. The van der Waals surface area contributed by atoms with Crippen LogP contribution in [0.15, 0.2) is 52.9 Å². The third-order valence-corrected chi connectivity index (χ3v) is 5.66. The highest BCUT2D eigenvalue weighted by Crippen LogP contribution is 2.24. The molecule has 0 aliphatic rings. The van der Waals surface area contributed by atoms with Crippen molar-refractivity contribution in [1.29, 1.82) is 0 Å². The zero-order chi connectivity index (χ0) is 20.6. The number of carbonyl (C=O) groups excluding carboxylic acids is 1. The molecule has 1 N–H and O–H groups in total. The lowest BCUT2D eigenvalue weighted by molar-refractivity contribution is -0.118. The molecular formula is C24H28N2O2S. The molecule has 0 radical (unpaired) electrons. The molecule has 29 heavy (non-hydrogen) atoms. The quantitative estimate of drug-likeness (QED) is 0.511. The number of aryl methyl sites for hydroxylation is 3. The number of amides is 1. The lowest BCUT2D eigenvalue weighted by Gasteiger charge is -2.05. The highest BCUT2D eigenvalue weighted by atomic mass is 32.2. The van der Waals surface area contributed by atoms with Crippen molar-refractivity contribution in [3.05, 3.63) is 76.7 Å². The summed E-state index contributed by atoms with van der Waals surface area (Å²) in [5.41, 5.74) is 5.53. The molecule has 0 bridgehead atoms. The van der Waals surface area contributed by atoms with Crippen LogP contribution in [0, 0.1) is 13.8 Å². The lowest BCUT2D eigenvalue weighted by Crippen LogP contribution is -2.24. The van der Waals surface area contributed by atoms with E-state index >= 15 is 0 Å². The second-order valence-electron chi connectivity index (χ2n) is 7.22. The van der Waals surface area contributed by atoms with Gasteiger partial charge in [-0.25, -0.2) is 4.98 Å². The van der Waals surface area contributed by atoms with E-state index in [2.05, 4.69) is 60.5 Å². The number of nitrogens with one attached hydrogen (secondary N) is 1. The fourth-order valence-electron chi connectivity index (χ4n) is 2.99. The van der Waals surface area contributed by atoms with Gasteiger partial charge in [0, 0.05) is 17.9 Å². The average molecular weight is 409 g/mol. The van der Waals surface area contributed by atoms with Gasteiger partial charge >= 0.3 is 0 Å². The van der Waals surface area contributed by atoms with Gasteiger partial charge in [-0.3, -0.25) is 4.79 Å². The fraction of sp³-hybridized carbons (Fsp3) is 0.333. The van der Waals surface area contributed by atoms with E-state index in [0.29, 0.717) is 23.9 Å². The minimum absolute atomic E-state index is 0.0310. The van der Waals surface area contributed by atoms with Crippen molar-refractivity contribution in [3.63, 3.8) is 0 Å². The first kappa shape index (κ1) is 21.2. The Morgan fingerprint density at radius 3 is 2.41 bits per heavy atom. The number of nitrogens with zero attached hydrogens (tertiary/aromatic N) is 1. The second-order valence-corrected chi connectivity index (χ2v) is 8.21. The van der Waals surface area contributed by atoms with Gasteiger partial charge in [-0.2, -0.15) is 0 Å². The normalized spacial score (nSPS) is 10.9. The number of thioether (sulfide) groups is 1. The van der Waals surface area contributed by atoms with Gasteiger partial charge in [0.15, 0.2) is 0 Å². The van der Waals surface area contributed by atoms with Crippen LogP contribution >= 0.6 is 11.8 Å². The molecule has 1 aromatic heterocycles. The minimum atomic E-state index is 0.0310. The first-order valence-electron chi connectivity index (χ1n) is 10.0. The number of hydrogen-bond donors (Lipinski definition) is 1. The zero-order valence-corrected chi connectivity index (χ0v) is 18.1. The SMILES string of the molecule is CCCc1ccc(-c2nc(CSCC(=O)NCc3ccc(C)cc3)c(C)o2)cc1. The van der Waals surface area contributed by atoms with Crippen molar-refractivity contribution < 1.29 is 9.21 Å². The average Bonchev–Trinajstić information content (AvgIpc) is 3.09. The molecular weight excluding hydrogens is 380 g/mol. The predicted molar refractivity (Wildman–Crippen MR) is 120 cm³/mol. The van der Waals surface area contributed by atoms with E-state index in [1.54, 1.807) is 11.8 Å². The second kappa shape index (κ2) is 10.3. The Bertz CT molecular complexity index is 931. The summed E-state index contributed by atoms with van der Waals surface area (Å²) in [7, 11) is 0. The van der Waals surface area contributed by atoms with E-state index in [1.807, 2.05) is 19.1 Å². The van der Waals surface area contributed by atoms with E-state index in [0.717, 1.165) is 35.4 Å². The fourth-order valence-corrected chi connectivity index (χ4v) is 3.84. The van der Waals surface area contributed by atoms with E-state index in [1.165, 1.54) is 11.1 Å². The molecule has 1 amide bonds. The molecule has 5 heteroatoms. The summed E-state index contributed by atoms with van der Waals surface area (Å²) in [4.78, 5) is 16.7. The van der Waals surface area contributed by atoms with Gasteiger partial charge in [0.1, 0.15) is 5.76 Å². The third-order valence-electron chi connectivity index (χ3n) is 4.71. The maximum Gasteiger partial charge on any atom is 0.230 e. The molecule has 1 heterocycles. The Hall–Kier alpha value is -2.53. The summed E-state index contributed by atoms with van der Waals surface area (Å²) >= 11 is 1.55. The highest BCUT2D eigenvalue weighted by molar-refractivity contribution is 7.99. The van der Waals surface area contributed by atoms with Gasteiger partial charge < -0.3 is 9.73 Å². The number of carbonyl (C=O) groups is 1. The topological polar surface area (TPSA) is 55.1 Å². The molecule has 0 saturated carbocycles. The van der Waals surface area contributed by atoms with Gasteiger partial charge in [-0.05, 0) is 43.5 Å². The van der Waals surface area contributed by atoms with E-state index in [4.69, 9.17) is 4.42 Å². The van der Waals surface area contributed by atoms with Crippen LogP contribution in [-0.2, 0) is 23.5 Å². The summed E-state index contributed by atoms with van der Waals surface area (Å²) in [6.45, 7) is 6.71. The van der Waals surface area contributed by atoms with E-state index < -0.39 is 0 Å². The summed E-state index contributed by atoms with van der Waals surface area (Å²) in [6, 6.07) is 16.6. The van der Waals surface area contributed by atoms with Crippen LogP contribution in [0.25, 0.3) is 11.5 Å². The molecule has 4 nitrogen and oxygen atoms in total. The van der Waals surface area contributed by atoms with Crippen LogP contribution in [0.3, 0.4) is 0 Å². The number of rotatable bonds is 9. The lowest BCUT2D eigenvalue weighted by atomic mass is 10.1. The van der Waals surface area contributed by atoms with Crippen LogP contribution in [0.5, 0.6) is 0 Å². The minimum Gasteiger partial charge on any atom is -0.441 e. The van der Waals surface area contributed by atoms with Crippen LogP contribution in [0.4, 0.5) is 0 Å². The zero-order valence-electron chi connectivity index (χ0n) is 17.3. The predicted octanol–water partition coefficient (Wildman–Crippen LogP) is 5.46. The number of benzene rings is 2. The molecule has 0 saturated heterocycles. The molecule has 0 unspecified atom stereocenters. The Morgan fingerprint density at radius 2 is 1.72 bits per heavy atom. The molecule has 0 aliphatic heterocycles. The summed E-state index contributed by atoms with van der Waals surface area (Å²) in [6.07, 6.45) is 2.22. The Labute approximate surface area is 177 Å². The van der Waals surface area contributed by atoms with E-state index in [9.17, 15) is 4.79 Å². The van der Waals surface area contributed by atoms with Gasteiger partial charge in [-0.15, -0.1) is 11.8 Å². The molecule has 3 rings (SSSR count). The van der Waals surface area contributed by atoms with Crippen molar-refractivity contribution in [3.8, 4) is 11.5 Å². The van der Waals surface area contributed by atoms with Gasteiger partial charge in [-0.1, -0.05) is 55.3 Å². The maximum atomic E-state index is 12.1. The smallest absolute Gasteiger partial charge is 0.230 e. The van der Waals surface area contributed by atoms with Crippen LogP contribution < -0.4 is 5.32 Å². The Balaban J connectivity index is 1.48. The Morgan fingerprint density at radius 1 is 1.03 bits per heavy atom. The standard InChI is InChI=1S/C24H28N2O2S/c1-4-5-19-10-12-21(13-11-19)24-26-22(18(3)28-24)15-29-16-23(27)25-14-20-8-6-17(2)7-9-20/h6-13H,4-5,14-16H2,1-3H3,(H,25,27). The Kier molecular flexibility index (Phi) is 7.53. The number of aromatic nitrogens is 1. The van der Waals surface area contributed by atoms with Gasteiger partial charge in [0.2, 0.25) is 11.8 Å². The molecule has 3 aromatic rings. The van der Waals surface area contributed by atoms with Crippen molar-refractivity contribution >= 4 is 17.7 Å².